The van der Waals surface area contributed by atoms with E-state index < -0.39 is 0 Å². The van der Waals surface area contributed by atoms with Crippen molar-refractivity contribution in [1.29, 1.82) is 0 Å². The average molecular weight is 457 g/mol. The first-order valence-corrected chi connectivity index (χ1v) is 13.0. The second-order valence-electron chi connectivity index (χ2n) is 11.6. The molecular weight excluding hydrogens is 420 g/mol. The second kappa shape index (κ2) is 7.93. The number of aryl methyl sites for hydroxylation is 1. The summed E-state index contributed by atoms with van der Waals surface area (Å²) in [6.07, 6.45) is 20.8. The molecule has 4 aliphatic rings. The molecule has 178 valence electrons. The molecule has 5 nitrogen and oxygen atoms in total. The molecule has 6 rings (SSSR count). The minimum Gasteiger partial charge on any atom is -0.349 e. The van der Waals surface area contributed by atoms with Crippen LogP contribution in [-0.2, 0) is 0 Å². The summed E-state index contributed by atoms with van der Waals surface area (Å²) in [5.41, 5.74) is 5.37. The lowest BCUT2D eigenvalue weighted by atomic mass is 9.47. The van der Waals surface area contributed by atoms with Gasteiger partial charge >= 0.3 is 0 Å². The lowest BCUT2D eigenvalue weighted by Gasteiger charge is -2.58. The third kappa shape index (κ3) is 3.30. The fourth-order valence-corrected chi connectivity index (χ4v) is 8.05. The van der Waals surface area contributed by atoms with Crippen LogP contribution in [0.15, 0.2) is 54.8 Å². The van der Waals surface area contributed by atoms with Crippen LogP contribution in [0.25, 0.3) is 5.70 Å². The third-order valence-corrected chi connectivity index (χ3v) is 9.91. The molecule has 2 fully saturated rings. The zero-order chi connectivity index (χ0) is 23.5. The Morgan fingerprint density at radius 3 is 2.62 bits per heavy atom. The molecule has 34 heavy (non-hydrogen) atoms. The van der Waals surface area contributed by atoms with Crippen molar-refractivity contribution in [2.75, 3.05) is 0 Å². The Balaban J connectivity index is 1.20. The largest absolute Gasteiger partial charge is 0.349 e. The molecule has 2 saturated carbocycles. The number of pyridine rings is 1. The molecule has 1 amide bonds. The highest BCUT2D eigenvalue weighted by atomic mass is 16.1. The summed E-state index contributed by atoms with van der Waals surface area (Å²) in [5.74, 6) is 2.23. The molecule has 2 aromatic rings. The van der Waals surface area contributed by atoms with Crippen molar-refractivity contribution in [1.82, 2.24) is 19.9 Å². The van der Waals surface area contributed by atoms with Gasteiger partial charge in [0.2, 0.25) is 0 Å². The van der Waals surface area contributed by atoms with Gasteiger partial charge in [-0.15, -0.1) is 0 Å². The van der Waals surface area contributed by atoms with Crippen LogP contribution >= 0.6 is 0 Å². The molecule has 0 bridgehead atoms. The molecule has 1 N–H and O–H groups in total. The normalized spacial score (nSPS) is 36.6. The highest BCUT2D eigenvalue weighted by molar-refractivity contribution is 5.94. The molecular formula is C29H36N4O. The molecule has 2 heterocycles. The second-order valence-corrected chi connectivity index (χ2v) is 11.6. The van der Waals surface area contributed by atoms with E-state index in [0.717, 1.165) is 30.4 Å². The predicted molar refractivity (Wildman–Crippen MR) is 134 cm³/mol. The third-order valence-electron chi connectivity index (χ3n) is 9.91. The van der Waals surface area contributed by atoms with E-state index in [1.54, 1.807) is 30.1 Å². The van der Waals surface area contributed by atoms with Gasteiger partial charge in [0.25, 0.3) is 5.91 Å². The molecule has 0 spiro atoms. The number of fused-ring (bicyclic) bond motifs is 5. The minimum atomic E-state index is 0.0259. The van der Waals surface area contributed by atoms with Crippen LogP contribution < -0.4 is 5.32 Å². The Kier molecular flexibility index (Phi) is 5.09. The summed E-state index contributed by atoms with van der Waals surface area (Å²) < 4.78 is 2.29. The van der Waals surface area contributed by atoms with E-state index in [4.69, 9.17) is 0 Å². The van der Waals surface area contributed by atoms with E-state index in [1.165, 1.54) is 37.8 Å². The van der Waals surface area contributed by atoms with Crippen LogP contribution in [-0.4, -0.2) is 26.5 Å². The highest BCUT2D eigenvalue weighted by Crippen LogP contribution is 2.65. The van der Waals surface area contributed by atoms with Crippen molar-refractivity contribution in [2.45, 2.75) is 71.8 Å². The van der Waals surface area contributed by atoms with Crippen molar-refractivity contribution >= 4 is 11.6 Å². The highest BCUT2D eigenvalue weighted by Gasteiger charge is 2.57. The van der Waals surface area contributed by atoms with Gasteiger partial charge in [-0.05, 0) is 87.2 Å². The average Bonchev–Trinajstić information content (AvgIpc) is 3.42. The predicted octanol–water partition coefficient (Wildman–Crippen LogP) is 5.80. The lowest BCUT2D eigenvalue weighted by Crippen LogP contribution is -2.51. The first kappa shape index (κ1) is 21.8. The van der Waals surface area contributed by atoms with Crippen molar-refractivity contribution in [3.8, 4) is 0 Å². The van der Waals surface area contributed by atoms with E-state index in [0.29, 0.717) is 11.5 Å². The van der Waals surface area contributed by atoms with Crippen LogP contribution in [0.1, 0.15) is 74.8 Å². The maximum atomic E-state index is 12.7. The molecule has 6 atom stereocenters. The Bertz CT molecular complexity index is 1160. The molecule has 4 aliphatic carbocycles. The summed E-state index contributed by atoms with van der Waals surface area (Å²) in [6.45, 7) is 7.11. The summed E-state index contributed by atoms with van der Waals surface area (Å²) >= 11 is 0. The van der Waals surface area contributed by atoms with Gasteiger partial charge in [0.1, 0.15) is 0 Å². The van der Waals surface area contributed by atoms with Gasteiger partial charge in [-0.2, -0.15) is 0 Å². The van der Waals surface area contributed by atoms with Gasteiger partial charge in [0.15, 0.2) is 0 Å². The van der Waals surface area contributed by atoms with Gasteiger partial charge in [0.05, 0.1) is 12.0 Å². The first-order valence-electron chi connectivity index (χ1n) is 13.0. The molecule has 3 unspecified atom stereocenters. The zero-order valence-corrected chi connectivity index (χ0v) is 20.6. The number of nitrogens with one attached hydrogen (secondary N) is 1. The quantitative estimate of drug-likeness (QED) is 0.594. The number of hydrogen-bond acceptors (Lipinski definition) is 3. The van der Waals surface area contributed by atoms with E-state index in [9.17, 15) is 4.79 Å². The number of aromatic nitrogens is 3. The Morgan fingerprint density at radius 2 is 1.85 bits per heavy atom. The molecule has 5 heteroatoms. The van der Waals surface area contributed by atoms with Crippen LogP contribution in [0, 0.1) is 35.5 Å². The van der Waals surface area contributed by atoms with Crippen molar-refractivity contribution < 1.29 is 4.79 Å². The number of amides is 1. The molecule has 0 aliphatic heterocycles. The number of allylic oxidation sites excluding steroid dienone is 3. The van der Waals surface area contributed by atoms with Gasteiger partial charge < -0.3 is 9.88 Å². The molecule has 0 radical (unpaired) electrons. The van der Waals surface area contributed by atoms with Crippen LogP contribution in [0.5, 0.6) is 0 Å². The SMILES string of the molecule is Cc1cn(C2=CCC3C4CC=C5C[C@@H](NC(=O)c6ccncc6)CC[C@]5(C)C4CC[C@]23C)cn1. The minimum absolute atomic E-state index is 0.0259. The summed E-state index contributed by atoms with van der Waals surface area (Å²) in [6, 6.07) is 3.82. The number of nitrogens with zero attached hydrogens (tertiary/aromatic N) is 3. The van der Waals surface area contributed by atoms with Gasteiger partial charge in [0, 0.05) is 41.3 Å². The molecule has 0 aromatic carbocycles. The van der Waals surface area contributed by atoms with E-state index in [2.05, 4.69) is 59.0 Å². The maximum Gasteiger partial charge on any atom is 0.251 e. The van der Waals surface area contributed by atoms with Crippen molar-refractivity contribution in [2.24, 2.45) is 28.6 Å². The number of imidazole rings is 1. The number of rotatable bonds is 3. The molecule has 2 aromatic heterocycles. The van der Waals surface area contributed by atoms with Crippen molar-refractivity contribution in [3.63, 3.8) is 0 Å². The number of carbonyl (C=O) groups excluding carboxylic acids is 1. The maximum absolute atomic E-state index is 12.7. The summed E-state index contributed by atoms with van der Waals surface area (Å²) in [5, 5.41) is 3.30. The van der Waals surface area contributed by atoms with Gasteiger partial charge in [-0.1, -0.05) is 31.6 Å². The van der Waals surface area contributed by atoms with Crippen LogP contribution in [0.4, 0.5) is 0 Å². The van der Waals surface area contributed by atoms with Gasteiger partial charge in [-0.25, -0.2) is 4.98 Å². The van der Waals surface area contributed by atoms with E-state index >= 15 is 0 Å². The fourth-order valence-electron chi connectivity index (χ4n) is 8.05. The summed E-state index contributed by atoms with van der Waals surface area (Å²) in [7, 11) is 0. The van der Waals surface area contributed by atoms with E-state index in [1.807, 2.05) is 6.33 Å². The lowest BCUT2D eigenvalue weighted by molar-refractivity contribution is -0.0137. The fraction of sp³-hybridized carbons (Fsp3) is 0.552. The van der Waals surface area contributed by atoms with Gasteiger partial charge in [-0.3, -0.25) is 9.78 Å². The number of carbonyl (C=O) groups is 1. The van der Waals surface area contributed by atoms with Crippen LogP contribution in [0.3, 0.4) is 0 Å². The molecule has 0 saturated heterocycles. The standard InChI is InChI=1S/C29H36N4O/c1-19-17-33(18-31-19)26-7-6-24-23-5-4-21-16-22(32-27(34)20-10-14-30-15-11-20)8-12-28(21,2)25(23)9-13-29(24,26)3/h4,7,10-11,14-15,17-18,22-25H,5-6,8-9,12-13,16H2,1-3H3,(H,32,34)/t22-,23?,24?,25?,28-,29-/m0/s1. The first-order chi connectivity index (χ1) is 16.4. The Morgan fingerprint density at radius 1 is 1.06 bits per heavy atom. The van der Waals surface area contributed by atoms with E-state index in [-0.39, 0.29) is 22.8 Å². The topological polar surface area (TPSA) is 59.8 Å². The number of hydrogen-bond donors (Lipinski definition) is 1. The zero-order valence-electron chi connectivity index (χ0n) is 20.6. The van der Waals surface area contributed by atoms with Crippen molar-refractivity contribution in [3.05, 3.63) is 66.0 Å². The summed E-state index contributed by atoms with van der Waals surface area (Å²) in [4.78, 5) is 21.3. The Hall–Kier alpha value is -2.69. The monoisotopic (exact) mass is 456 g/mol. The smallest absolute Gasteiger partial charge is 0.251 e. The van der Waals surface area contributed by atoms with Crippen LogP contribution in [0.2, 0.25) is 0 Å². The Labute approximate surface area is 202 Å².